The smallest absolute Gasteiger partial charge is 0.185 e. The second-order valence-electron chi connectivity index (χ2n) is 11.2. The molecule has 3 N–H and O–H groups in total. The molecule has 0 fully saturated rings. The van der Waals surface area contributed by atoms with Crippen LogP contribution in [0.2, 0.25) is 0 Å². The van der Waals surface area contributed by atoms with Gasteiger partial charge in [-0.25, -0.2) is 0 Å². The first-order valence-corrected chi connectivity index (χ1v) is 17.2. The maximum atomic E-state index is 11.8. The number of allylic oxidation sites excluding steroid dienone is 2. The van der Waals surface area contributed by atoms with Gasteiger partial charge in [0.15, 0.2) is 23.1 Å². The Morgan fingerprint density at radius 2 is 0.649 bits per heavy atom. The molecule has 0 spiro atoms. The Bertz CT molecular complexity index is 1720. The van der Waals surface area contributed by atoms with Crippen LogP contribution in [0.1, 0.15) is 31.8 Å². The van der Waals surface area contributed by atoms with Crippen LogP contribution in [0.4, 0.5) is 0 Å². The fourth-order valence-corrected chi connectivity index (χ4v) is 4.63. The van der Waals surface area contributed by atoms with Gasteiger partial charge < -0.3 is 50.3 Å². The van der Waals surface area contributed by atoms with Crippen LogP contribution in [0.25, 0.3) is 11.5 Å². The molecule has 1 aliphatic heterocycles. The van der Waals surface area contributed by atoms with Crippen LogP contribution in [-0.2, 0) is 30.6 Å². The molecule has 1 aliphatic rings. The van der Waals surface area contributed by atoms with E-state index in [2.05, 4.69) is 0 Å². The zero-order chi connectivity index (χ0) is 37.4. The Kier molecular flexibility index (Phi) is 28.3. The van der Waals surface area contributed by atoms with E-state index in [0.717, 1.165) is 23.7 Å². The molecule has 0 aromatic heterocycles. The van der Waals surface area contributed by atoms with Gasteiger partial charge in [0.2, 0.25) is 0 Å². The van der Waals surface area contributed by atoms with Crippen LogP contribution in [0, 0.1) is 31.1 Å². The van der Waals surface area contributed by atoms with Gasteiger partial charge in [-0.2, -0.15) is 0 Å². The number of ether oxygens (including phenoxy) is 5. The van der Waals surface area contributed by atoms with E-state index in [0.29, 0.717) is 75.1 Å². The van der Waals surface area contributed by atoms with Gasteiger partial charge in [0.05, 0.1) is 39.6 Å². The van der Waals surface area contributed by atoms with Crippen molar-refractivity contribution in [1.29, 1.82) is 0 Å². The molecule has 1 heterocycles. The van der Waals surface area contributed by atoms with Gasteiger partial charge >= 0.3 is 0 Å². The predicted octanol–water partition coefficient (Wildman–Crippen LogP) is 4.89. The van der Waals surface area contributed by atoms with Crippen LogP contribution in [0.15, 0.2) is 158 Å². The fraction of sp³-hybridized carbons (Fsp3) is 0.182. The van der Waals surface area contributed by atoms with E-state index in [-0.39, 0.29) is 70.6 Å². The Morgan fingerprint density at radius 3 is 0.947 bits per heavy atom. The number of carbonyl (C=O) groups excluding carboxylic acids is 2. The van der Waals surface area contributed by atoms with Crippen LogP contribution in [0.5, 0.6) is 11.5 Å². The van der Waals surface area contributed by atoms with E-state index >= 15 is 0 Å². The molecule has 0 bridgehead atoms. The summed E-state index contributed by atoms with van der Waals surface area (Å²) >= 11 is 0. The largest absolute Gasteiger partial charge is 2.00 e. The van der Waals surface area contributed by atoms with Crippen molar-refractivity contribution in [3.63, 3.8) is 0 Å². The molecule has 0 radical (unpaired) electrons. The average Bonchev–Trinajstić information content (AvgIpc) is 3.22. The predicted molar refractivity (Wildman–Crippen MR) is 207 cm³/mol. The standard InChI is InChI=1S/2C15H12O2.C14H20O5.H2O.2O.U/c2*16-14(12-7-3-1-4-8-12)11-15(17)13-9-5-2-6-10-13;1-2-4-14-13(3-1)18-11-9-16-7-5-15-6-8-17-10-12-19-14;;;;/h2*1-11,16H;1-4H,5-12H2;1H2;;;/q;;;;2*-2;/p-1/b2*14-11-;;;;;. The van der Waals surface area contributed by atoms with E-state index in [1.54, 1.807) is 97.1 Å². The summed E-state index contributed by atoms with van der Waals surface area (Å²) in [6, 6.07) is 42.6. The van der Waals surface area contributed by atoms with Crippen molar-refractivity contribution in [2.45, 2.75) is 0 Å². The minimum atomic E-state index is -0.264. The number of hydrogen-bond donors (Lipinski definition) is 0. The Hall–Kier alpha value is -5.07. The first-order chi connectivity index (χ1) is 26.0. The van der Waals surface area contributed by atoms with Gasteiger partial charge in [0, 0.05) is 42.2 Å². The topological polar surface area (TPSA) is 216 Å². The van der Waals surface area contributed by atoms with Crippen molar-refractivity contribution in [1.82, 2.24) is 0 Å². The fourth-order valence-electron chi connectivity index (χ4n) is 4.63. The third-order valence-corrected chi connectivity index (χ3v) is 7.32. The summed E-state index contributed by atoms with van der Waals surface area (Å²) in [5.74, 6) is 0.409. The molecular weight excluding hydrogens is 959 g/mol. The average molecular weight is 1000 g/mol. The molecule has 0 saturated heterocycles. The minimum Gasteiger partial charge on any atom is -2.00 e. The summed E-state index contributed by atoms with van der Waals surface area (Å²) in [5.41, 5.74) is 2.10. The van der Waals surface area contributed by atoms with Gasteiger partial charge in [-0.3, -0.25) is 9.59 Å². The van der Waals surface area contributed by atoms with E-state index in [9.17, 15) is 19.8 Å². The van der Waals surface area contributed by atoms with Crippen LogP contribution < -0.4 is 19.7 Å². The SMILES string of the molecule is O=C(/C=C(\[O-])c1ccccc1)c1ccccc1.O=C(/C=C(\[O-])c1ccccc1)c1ccccc1.[O-2].[O-2].[OH3+].[U].c1ccc2c(c1)OCCOCCOCCOCCO2. The summed E-state index contributed by atoms with van der Waals surface area (Å²) in [4.78, 5) is 23.5. The second kappa shape index (κ2) is 31.1. The third kappa shape index (κ3) is 20.1. The molecule has 6 rings (SSSR count). The molecule has 57 heavy (non-hydrogen) atoms. The molecule has 13 heteroatoms. The molecule has 0 unspecified atom stereocenters. The van der Waals surface area contributed by atoms with Crippen molar-refractivity contribution in [2.24, 2.45) is 0 Å². The third-order valence-electron chi connectivity index (χ3n) is 7.32. The maximum Gasteiger partial charge on any atom is 0.185 e. The van der Waals surface area contributed by atoms with E-state index < -0.39 is 0 Å². The number of fused-ring (bicyclic) bond motifs is 1. The Balaban J connectivity index is 0.000000799. The van der Waals surface area contributed by atoms with E-state index in [1.807, 2.05) is 48.5 Å². The van der Waals surface area contributed by atoms with Crippen molar-refractivity contribution in [3.8, 4) is 11.5 Å². The molecule has 0 saturated carbocycles. The normalized spacial score (nSPS) is 13.1. The second-order valence-corrected chi connectivity index (χ2v) is 11.2. The minimum absolute atomic E-state index is 0. The summed E-state index contributed by atoms with van der Waals surface area (Å²) in [7, 11) is 0. The zero-order valence-corrected chi connectivity index (χ0v) is 35.4. The molecule has 302 valence electrons. The zero-order valence-electron chi connectivity index (χ0n) is 31.2. The summed E-state index contributed by atoms with van der Waals surface area (Å²) < 4.78 is 27.4. The van der Waals surface area contributed by atoms with Gasteiger partial charge in [-0.15, -0.1) is 0 Å². The summed E-state index contributed by atoms with van der Waals surface area (Å²) in [6.07, 6.45) is 2.26. The monoisotopic (exact) mass is 1000 g/mol. The van der Waals surface area contributed by atoms with Crippen molar-refractivity contribution >= 4 is 23.1 Å². The van der Waals surface area contributed by atoms with E-state index in [1.165, 1.54) is 0 Å². The number of carbonyl (C=O) groups is 2. The molecule has 5 aromatic rings. The van der Waals surface area contributed by atoms with Crippen LogP contribution in [-0.4, -0.2) is 64.4 Å². The van der Waals surface area contributed by atoms with Gasteiger partial charge in [0.25, 0.3) is 0 Å². The van der Waals surface area contributed by atoms with Crippen molar-refractivity contribution in [3.05, 3.63) is 180 Å². The van der Waals surface area contributed by atoms with E-state index in [4.69, 9.17) is 23.7 Å². The molecule has 12 nitrogen and oxygen atoms in total. The molecule has 0 aliphatic carbocycles. The number of rotatable bonds is 6. The summed E-state index contributed by atoms with van der Waals surface area (Å²) in [6.45, 7) is 4.37. The van der Waals surface area contributed by atoms with Crippen molar-refractivity contribution < 1.29 is 91.0 Å². The number of para-hydroxylation sites is 2. The van der Waals surface area contributed by atoms with Crippen LogP contribution in [0.3, 0.4) is 0 Å². The van der Waals surface area contributed by atoms with Crippen LogP contribution >= 0.6 is 0 Å². The Morgan fingerprint density at radius 1 is 0.404 bits per heavy atom. The van der Waals surface area contributed by atoms with Gasteiger partial charge in [0.1, 0.15) is 13.2 Å². The maximum absolute atomic E-state index is 11.8. The number of hydrogen-bond acceptors (Lipinski definition) is 9. The van der Waals surface area contributed by atoms with Gasteiger partial charge in [-0.1, -0.05) is 145 Å². The van der Waals surface area contributed by atoms with Gasteiger partial charge in [-0.05, 0) is 35.4 Å². The Labute approximate surface area is 356 Å². The molecule has 0 atom stereocenters. The first kappa shape index (κ1) is 51.9. The molecule has 5 aromatic carbocycles. The quantitative estimate of drug-likeness (QED) is 0.0978. The number of ketones is 2. The molecule has 0 amide bonds. The van der Waals surface area contributed by atoms with Crippen molar-refractivity contribution in [2.75, 3.05) is 52.9 Å². The molecular formula is C44H45O12U-5. The number of benzene rings is 5. The summed E-state index contributed by atoms with van der Waals surface area (Å²) in [5, 5.41) is 23.5. The first-order valence-electron chi connectivity index (χ1n) is 17.2.